The molecule has 1 atom stereocenters. The van der Waals surface area contributed by atoms with Crippen LogP contribution in [0.3, 0.4) is 0 Å². The van der Waals surface area contributed by atoms with Gasteiger partial charge in [0, 0.05) is 17.0 Å². The standard InChI is InChI=1S/C17H14BrF2NO3/c18-12-3-1-2-10(6-12)7-15(17(23)24)21-16(22)8-11-4-5-13(19)9-14(11)20/h1-6,9,15H,7-8H2,(H,21,22)(H,23,24)/t15-/m0/s1. The molecule has 2 N–H and O–H groups in total. The first-order valence-electron chi connectivity index (χ1n) is 7.05. The molecule has 126 valence electrons. The highest BCUT2D eigenvalue weighted by atomic mass is 79.9. The van der Waals surface area contributed by atoms with E-state index in [9.17, 15) is 23.5 Å². The van der Waals surface area contributed by atoms with Crippen molar-refractivity contribution >= 4 is 27.8 Å². The molecular formula is C17H14BrF2NO3. The van der Waals surface area contributed by atoms with Gasteiger partial charge in [0.2, 0.25) is 5.91 Å². The number of carboxylic acids is 1. The maximum atomic E-state index is 13.6. The minimum atomic E-state index is -1.19. The smallest absolute Gasteiger partial charge is 0.326 e. The molecular weight excluding hydrogens is 384 g/mol. The van der Waals surface area contributed by atoms with Gasteiger partial charge >= 0.3 is 5.97 Å². The summed E-state index contributed by atoms with van der Waals surface area (Å²) in [7, 11) is 0. The third-order valence-electron chi connectivity index (χ3n) is 3.33. The fourth-order valence-corrected chi connectivity index (χ4v) is 2.63. The van der Waals surface area contributed by atoms with Crippen molar-refractivity contribution in [1.82, 2.24) is 5.32 Å². The van der Waals surface area contributed by atoms with Crippen molar-refractivity contribution in [3.63, 3.8) is 0 Å². The molecule has 1 amide bonds. The Balaban J connectivity index is 2.04. The molecule has 0 fully saturated rings. The summed E-state index contributed by atoms with van der Waals surface area (Å²) in [5.74, 6) is -3.43. The van der Waals surface area contributed by atoms with Gasteiger partial charge in [-0.15, -0.1) is 0 Å². The minimum Gasteiger partial charge on any atom is -0.480 e. The first-order chi connectivity index (χ1) is 11.3. The van der Waals surface area contributed by atoms with Crippen molar-refractivity contribution in [2.75, 3.05) is 0 Å². The van der Waals surface area contributed by atoms with Crippen LogP contribution in [0.25, 0.3) is 0 Å². The van der Waals surface area contributed by atoms with Crippen LogP contribution in [-0.4, -0.2) is 23.0 Å². The molecule has 0 aliphatic heterocycles. The van der Waals surface area contributed by atoms with Crippen LogP contribution in [0.2, 0.25) is 0 Å². The molecule has 0 saturated heterocycles. The third-order valence-corrected chi connectivity index (χ3v) is 3.82. The Morgan fingerprint density at radius 2 is 1.92 bits per heavy atom. The van der Waals surface area contributed by atoms with Crippen molar-refractivity contribution in [3.05, 3.63) is 69.7 Å². The molecule has 0 unspecified atom stereocenters. The number of aliphatic carboxylic acids is 1. The van der Waals surface area contributed by atoms with Crippen LogP contribution in [0, 0.1) is 11.6 Å². The number of amides is 1. The Kier molecular flexibility index (Phi) is 6.03. The van der Waals surface area contributed by atoms with Crippen LogP contribution >= 0.6 is 15.9 Å². The number of nitrogens with one attached hydrogen (secondary N) is 1. The van der Waals surface area contributed by atoms with Crippen molar-refractivity contribution in [2.45, 2.75) is 18.9 Å². The number of hydrogen-bond donors (Lipinski definition) is 2. The summed E-state index contributed by atoms with van der Waals surface area (Å²) in [5, 5.41) is 11.6. The van der Waals surface area contributed by atoms with Gasteiger partial charge in [0.1, 0.15) is 17.7 Å². The fourth-order valence-electron chi connectivity index (χ4n) is 2.18. The van der Waals surface area contributed by atoms with Crippen molar-refractivity contribution in [2.24, 2.45) is 0 Å². The molecule has 7 heteroatoms. The molecule has 0 bridgehead atoms. The average Bonchev–Trinajstić information content (AvgIpc) is 2.49. The van der Waals surface area contributed by atoms with Crippen molar-refractivity contribution < 1.29 is 23.5 Å². The molecule has 2 rings (SSSR count). The molecule has 0 aliphatic carbocycles. The number of rotatable bonds is 6. The number of carboxylic acid groups (broad SMARTS) is 1. The number of halogens is 3. The van der Waals surface area contributed by atoms with Gasteiger partial charge in [0.05, 0.1) is 6.42 Å². The van der Waals surface area contributed by atoms with Crippen molar-refractivity contribution in [1.29, 1.82) is 0 Å². The Labute approximate surface area is 145 Å². The van der Waals surface area contributed by atoms with Gasteiger partial charge in [0.25, 0.3) is 0 Å². The zero-order valence-corrected chi connectivity index (χ0v) is 14.0. The topological polar surface area (TPSA) is 66.4 Å². The molecule has 24 heavy (non-hydrogen) atoms. The van der Waals surface area contributed by atoms with Crippen LogP contribution in [0.5, 0.6) is 0 Å². The highest BCUT2D eigenvalue weighted by Crippen LogP contribution is 2.14. The van der Waals surface area contributed by atoms with Gasteiger partial charge in [-0.1, -0.05) is 34.1 Å². The maximum Gasteiger partial charge on any atom is 0.326 e. The molecule has 0 spiro atoms. The predicted octanol–water partition coefficient (Wildman–Crippen LogP) is 3.08. The van der Waals surface area contributed by atoms with E-state index in [1.807, 2.05) is 0 Å². The van der Waals surface area contributed by atoms with E-state index in [0.717, 1.165) is 22.2 Å². The second-order valence-electron chi connectivity index (χ2n) is 5.20. The summed E-state index contributed by atoms with van der Waals surface area (Å²) in [4.78, 5) is 23.3. The van der Waals surface area contributed by atoms with E-state index < -0.39 is 29.6 Å². The summed E-state index contributed by atoms with van der Waals surface area (Å²) >= 11 is 3.29. The van der Waals surface area contributed by atoms with Gasteiger partial charge in [-0.05, 0) is 29.3 Å². The summed E-state index contributed by atoms with van der Waals surface area (Å²) in [6.45, 7) is 0. The second-order valence-corrected chi connectivity index (χ2v) is 6.12. The molecule has 0 heterocycles. The first-order valence-corrected chi connectivity index (χ1v) is 7.85. The van der Waals surface area contributed by atoms with Gasteiger partial charge in [-0.25, -0.2) is 13.6 Å². The van der Waals surface area contributed by atoms with Crippen LogP contribution in [0.4, 0.5) is 8.78 Å². The van der Waals surface area contributed by atoms with Gasteiger partial charge in [-0.2, -0.15) is 0 Å². The maximum absolute atomic E-state index is 13.6. The van der Waals surface area contributed by atoms with E-state index in [4.69, 9.17) is 0 Å². The lowest BCUT2D eigenvalue weighted by atomic mass is 10.1. The van der Waals surface area contributed by atoms with Crippen LogP contribution < -0.4 is 5.32 Å². The summed E-state index contributed by atoms with van der Waals surface area (Å²) in [5.41, 5.74) is 0.727. The lowest BCUT2D eigenvalue weighted by molar-refractivity contribution is -0.141. The fraction of sp³-hybridized carbons (Fsp3) is 0.176. The molecule has 4 nitrogen and oxygen atoms in total. The van der Waals surface area contributed by atoms with E-state index in [-0.39, 0.29) is 18.4 Å². The monoisotopic (exact) mass is 397 g/mol. The Morgan fingerprint density at radius 3 is 2.54 bits per heavy atom. The van der Waals surface area contributed by atoms with Crippen LogP contribution in [0.15, 0.2) is 46.9 Å². The zero-order valence-electron chi connectivity index (χ0n) is 12.4. The molecule has 2 aromatic rings. The highest BCUT2D eigenvalue weighted by Gasteiger charge is 2.21. The van der Waals surface area contributed by atoms with E-state index in [0.29, 0.717) is 6.07 Å². The molecule has 0 aromatic heterocycles. The summed E-state index contributed by atoms with van der Waals surface area (Å²) in [6.07, 6.45) is -0.277. The minimum absolute atomic E-state index is 0.000458. The Morgan fingerprint density at radius 1 is 1.17 bits per heavy atom. The third kappa shape index (κ3) is 5.13. The van der Waals surface area contributed by atoms with Crippen molar-refractivity contribution in [3.8, 4) is 0 Å². The van der Waals surface area contributed by atoms with Gasteiger partial charge in [0.15, 0.2) is 0 Å². The number of carbonyl (C=O) groups excluding carboxylic acids is 1. The second kappa shape index (κ2) is 8.01. The number of hydrogen-bond acceptors (Lipinski definition) is 2. The molecule has 0 aliphatic rings. The van der Waals surface area contributed by atoms with Crippen LogP contribution in [-0.2, 0) is 22.4 Å². The summed E-state index contributed by atoms with van der Waals surface area (Å²) in [6, 6.07) is 8.79. The SMILES string of the molecule is O=C(Cc1ccc(F)cc1F)N[C@@H](Cc1cccc(Br)c1)C(=O)O. The largest absolute Gasteiger partial charge is 0.480 e. The lowest BCUT2D eigenvalue weighted by Crippen LogP contribution is -2.43. The van der Waals surface area contributed by atoms with E-state index >= 15 is 0 Å². The molecule has 0 radical (unpaired) electrons. The van der Waals surface area contributed by atoms with Gasteiger partial charge < -0.3 is 10.4 Å². The predicted molar refractivity (Wildman–Crippen MR) is 87.5 cm³/mol. The van der Waals surface area contributed by atoms with E-state index in [1.165, 1.54) is 0 Å². The normalized spacial score (nSPS) is 11.8. The molecule has 2 aromatic carbocycles. The molecule has 0 saturated carbocycles. The average molecular weight is 398 g/mol. The lowest BCUT2D eigenvalue weighted by Gasteiger charge is -2.15. The van der Waals surface area contributed by atoms with E-state index in [2.05, 4.69) is 21.2 Å². The zero-order chi connectivity index (χ0) is 17.7. The number of carbonyl (C=O) groups is 2. The van der Waals surface area contributed by atoms with Gasteiger partial charge in [-0.3, -0.25) is 4.79 Å². The quantitative estimate of drug-likeness (QED) is 0.786. The van der Waals surface area contributed by atoms with Crippen LogP contribution in [0.1, 0.15) is 11.1 Å². The summed E-state index contributed by atoms with van der Waals surface area (Å²) < 4.78 is 27.2. The Bertz CT molecular complexity index is 767. The first kappa shape index (κ1) is 18.1. The van der Waals surface area contributed by atoms with E-state index in [1.54, 1.807) is 24.3 Å². The number of benzene rings is 2. The Hall–Kier alpha value is -2.28. The highest BCUT2D eigenvalue weighted by molar-refractivity contribution is 9.10.